The van der Waals surface area contributed by atoms with Crippen molar-refractivity contribution in [2.75, 3.05) is 58.1 Å². The lowest BCUT2D eigenvalue weighted by Crippen LogP contribution is -2.37. The Morgan fingerprint density at radius 3 is 1.69 bits per heavy atom. The molecular weight excluding hydrogens is 1100 g/mol. The van der Waals surface area contributed by atoms with E-state index in [4.69, 9.17) is 0 Å². The zero-order valence-corrected chi connectivity index (χ0v) is 51.4. The lowest BCUT2D eigenvalue weighted by atomic mass is 9.76. The largest absolute Gasteiger partial charge is 0.488 e. The number of allylic oxidation sites excluding steroid dienone is 4. The fraction of sp³-hybridized carbons (Fsp3) is 0.243. The molecule has 0 saturated carbocycles. The molecule has 1 aliphatic heterocycles. The Labute approximate surface area is 512 Å². The second kappa shape index (κ2) is 27.4. The molecule has 0 saturated heterocycles. The van der Waals surface area contributed by atoms with E-state index in [-0.39, 0.29) is 35.8 Å². The van der Waals surface area contributed by atoms with Crippen molar-refractivity contribution in [3.63, 3.8) is 0 Å². The van der Waals surface area contributed by atoms with Crippen LogP contribution in [0, 0.1) is 29.6 Å². The van der Waals surface area contributed by atoms with Crippen molar-refractivity contribution in [2.45, 2.75) is 64.7 Å². The molecule has 0 fully saturated rings. The predicted molar refractivity (Wildman–Crippen MR) is 357 cm³/mol. The van der Waals surface area contributed by atoms with E-state index in [1.54, 1.807) is 50.2 Å². The molecule has 9 rings (SSSR count). The van der Waals surface area contributed by atoms with Gasteiger partial charge >= 0.3 is 14.2 Å². The molecule has 17 heteroatoms. The van der Waals surface area contributed by atoms with E-state index >= 15 is 0 Å². The van der Waals surface area contributed by atoms with E-state index in [9.17, 15) is 40.2 Å². The summed E-state index contributed by atoms with van der Waals surface area (Å²) in [6.45, 7) is 16.0. The van der Waals surface area contributed by atoms with Gasteiger partial charge in [0.2, 0.25) is 11.8 Å². The van der Waals surface area contributed by atoms with Gasteiger partial charge in [0.15, 0.2) is 0 Å². The molecule has 0 aromatic heterocycles. The van der Waals surface area contributed by atoms with Gasteiger partial charge in [-0.1, -0.05) is 86.0 Å². The first-order chi connectivity index (χ1) is 41.7. The SMILES string of the molecule is C=C(C)C(=O)NCCCN(Cc1cc(C#N)ccc1B(O)O)Cc1c2ccccc2c(CN(CCCNC(=O)C(=C)C)Cc2cc(C#N)ccc2B(O)O)c2cc(-c3ccc(C)c(C4=C5C=C/C(=N\C)C=C5S(C)(C)c5cc(NC)ccc54)c3)ccc12. The number of carbonyl (C=O) groups is 2. The molecule has 2 aliphatic rings. The second-order valence-electron chi connectivity index (χ2n) is 22.9. The Morgan fingerprint density at radius 2 is 1.17 bits per heavy atom. The third-order valence-corrected chi connectivity index (χ3v) is 19.4. The Balaban J connectivity index is 1.26. The van der Waals surface area contributed by atoms with E-state index < -0.39 is 24.3 Å². The highest BCUT2D eigenvalue weighted by molar-refractivity contribution is 8.36. The van der Waals surface area contributed by atoms with Crippen LogP contribution in [0.3, 0.4) is 0 Å². The number of hydrogen-bond acceptors (Lipinski definition) is 12. The molecule has 0 radical (unpaired) electrons. The van der Waals surface area contributed by atoms with E-state index in [1.807, 2.05) is 26.2 Å². The van der Waals surface area contributed by atoms with Crippen molar-refractivity contribution >= 4 is 85.5 Å². The van der Waals surface area contributed by atoms with Gasteiger partial charge in [-0.3, -0.25) is 24.4 Å². The minimum Gasteiger partial charge on any atom is -0.423 e. The number of hydrogen-bond donors (Lipinski definition) is 7. The molecule has 7 aromatic rings. The van der Waals surface area contributed by atoms with Crippen LogP contribution in [0.15, 0.2) is 178 Å². The van der Waals surface area contributed by atoms with Gasteiger partial charge in [-0.2, -0.15) is 20.6 Å². The van der Waals surface area contributed by atoms with Crippen LogP contribution < -0.4 is 26.9 Å². The maximum absolute atomic E-state index is 12.7. The van der Waals surface area contributed by atoms with Gasteiger partial charge in [-0.25, -0.2) is 0 Å². The average Bonchev–Trinajstić information content (AvgIpc) is 0.769. The van der Waals surface area contributed by atoms with Crippen LogP contribution >= 0.6 is 10.0 Å². The normalized spacial score (nSPS) is 14.1. The Bertz CT molecular complexity index is 4120. The minimum atomic E-state index is -1.80. The zero-order chi connectivity index (χ0) is 62.3. The molecule has 7 N–H and O–H groups in total. The third kappa shape index (κ3) is 13.8. The summed E-state index contributed by atoms with van der Waals surface area (Å²) in [7, 11) is -1.29. The van der Waals surface area contributed by atoms with Gasteiger partial charge in [-0.05, 0) is 200 Å². The summed E-state index contributed by atoms with van der Waals surface area (Å²) in [5.41, 5.74) is 15.0. The summed E-state index contributed by atoms with van der Waals surface area (Å²) in [5, 5.41) is 76.0. The number of carbonyl (C=O) groups excluding carboxylic acids is 2. The topological polar surface area (TPSA) is 218 Å². The third-order valence-electron chi connectivity index (χ3n) is 16.5. The van der Waals surface area contributed by atoms with Crippen LogP contribution in [0.5, 0.6) is 0 Å². The van der Waals surface area contributed by atoms with Gasteiger partial charge in [0.25, 0.3) is 0 Å². The van der Waals surface area contributed by atoms with Crippen LogP contribution in [0.4, 0.5) is 5.69 Å². The molecule has 0 atom stereocenters. The molecule has 1 aliphatic carbocycles. The fourth-order valence-corrected chi connectivity index (χ4v) is 14.4. The summed E-state index contributed by atoms with van der Waals surface area (Å²) in [4.78, 5) is 37.1. The first kappa shape index (κ1) is 62.9. The second-order valence-corrected chi connectivity index (χ2v) is 26.4. The van der Waals surface area contributed by atoms with Crippen molar-refractivity contribution in [1.29, 1.82) is 10.5 Å². The highest BCUT2D eigenvalue weighted by Crippen LogP contribution is 2.66. The number of nitrogens with zero attached hydrogens (tertiary/aromatic N) is 5. The number of nitriles is 2. The molecular formula is C70H74B2N8O6S. The zero-order valence-electron chi connectivity index (χ0n) is 50.6. The fourth-order valence-electron chi connectivity index (χ4n) is 11.9. The Kier molecular flexibility index (Phi) is 19.8. The summed E-state index contributed by atoms with van der Waals surface area (Å²) in [6, 6.07) is 42.4. The molecule has 87 heavy (non-hydrogen) atoms. The average molecular weight is 1180 g/mol. The quantitative estimate of drug-likeness (QED) is 0.0139. The molecule has 0 spiro atoms. The van der Waals surface area contributed by atoms with E-state index in [0.29, 0.717) is 85.5 Å². The molecule has 0 bridgehead atoms. The van der Waals surface area contributed by atoms with Crippen LogP contribution in [0.25, 0.3) is 38.2 Å². The van der Waals surface area contributed by atoms with Gasteiger partial charge < -0.3 is 36.0 Å². The van der Waals surface area contributed by atoms with Crippen LogP contribution in [0.1, 0.15) is 76.8 Å². The summed E-state index contributed by atoms with van der Waals surface area (Å²) < 4.78 is 0. The molecule has 2 amide bonds. The Hall–Kier alpha value is -8.61. The van der Waals surface area contributed by atoms with E-state index in [0.717, 1.165) is 71.9 Å². The first-order valence-electron chi connectivity index (χ1n) is 29.1. The maximum atomic E-state index is 12.7. The molecule has 1 heterocycles. The number of aliphatic imine (C=N–C) groups is 1. The molecule has 14 nitrogen and oxygen atoms in total. The summed E-state index contributed by atoms with van der Waals surface area (Å²) in [5.74, 6) is -0.488. The van der Waals surface area contributed by atoms with Crippen LogP contribution in [0.2, 0.25) is 0 Å². The maximum Gasteiger partial charge on any atom is 0.488 e. The number of anilines is 1. The Morgan fingerprint density at radius 1 is 0.644 bits per heavy atom. The van der Waals surface area contributed by atoms with Crippen molar-refractivity contribution in [3.8, 4) is 23.3 Å². The first-order valence-corrected chi connectivity index (χ1v) is 31.5. The van der Waals surface area contributed by atoms with Crippen molar-refractivity contribution in [3.05, 3.63) is 218 Å². The highest BCUT2D eigenvalue weighted by Gasteiger charge is 2.36. The molecule has 7 aromatic carbocycles. The van der Waals surface area contributed by atoms with Gasteiger partial charge in [0.05, 0.1) is 29.0 Å². The highest BCUT2D eigenvalue weighted by atomic mass is 32.3. The number of rotatable bonds is 23. The van der Waals surface area contributed by atoms with Crippen molar-refractivity contribution < 1.29 is 29.7 Å². The van der Waals surface area contributed by atoms with Crippen LogP contribution in [-0.2, 0) is 35.8 Å². The van der Waals surface area contributed by atoms with Gasteiger partial charge in [0, 0.05) is 93.1 Å². The monoisotopic (exact) mass is 1180 g/mol. The molecule has 0 unspecified atom stereocenters. The number of fused-ring (bicyclic) bond motifs is 4. The number of nitrogens with one attached hydrogen (secondary N) is 3. The predicted octanol–water partition coefficient (Wildman–Crippen LogP) is 9.05. The lowest BCUT2D eigenvalue weighted by molar-refractivity contribution is -0.118. The summed E-state index contributed by atoms with van der Waals surface area (Å²) >= 11 is 0. The summed E-state index contributed by atoms with van der Waals surface area (Å²) in [6.07, 6.45) is 12.4. The van der Waals surface area contributed by atoms with Crippen molar-refractivity contribution in [2.24, 2.45) is 4.99 Å². The van der Waals surface area contributed by atoms with Crippen molar-refractivity contribution in [1.82, 2.24) is 20.4 Å². The standard InChI is InChI=1S/C70H74B2N8O6S/c1-44(2)69(81)77-28-12-30-79(40-51-32-47(38-73)17-26-64(51)71(83)84)42-62-55-14-10-11-15-56(55)63(43-80(31-13-29-78-70(82)45(3)4)41-52-33-48(39-74)18-27-65(52)72(85)86)61-35-50(20-23-57(61)62)49-19-16-46(5)60(34-49)68-58-24-21-53(75-6)36-66(58)87(8,9)67-37-54(76-7)22-25-59(67)68/h10-11,14-27,32-37,75,83-86H,1,3,12-13,28-31,40-43H2,2,4-9H3,(H,77,81)(H,78,82)/b76-54+. The number of aryl methyl sites for hydroxylation is 1. The van der Waals surface area contributed by atoms with Gasteiger partial charge in [-0.15, -0.1) is 0 Å². The van der Waals surface area contributed by atoms with E-state index in [2.05, 4.69) is 160 Å². The minimum absolute atomic E-state index is 0.232. The van der Waals surface area contributed by atoms with Crippen LogP contribution in [-0.4, -0.2) is 114 Å². The number of benzene rings is 7. The smallest absolute Gasteiger partial charge is 0.423 e. The lowest BCUT2D eigenvalue weighted by Gasteiger charge is -2.43. The van der Waals surface area contributed by atoms with E-state index in [1.165, 1.54) is 20.9 Å². The number of amides is 2. The molecule has 442 valence electrons. The van der Waals surface area contributed by atoms with Gasteiger partial charge in [0.1, 0.15) is 0 Å².